The molecule has 0 saturated carbocycles. The Kier molecular flexibility index (Phi) is 5.08. The number of benzene rings is 1. The maximum Gasteiger partial charge on any atom is 0.161 e. The van der Waals surface area contributed by atoms with Crippen molar-refractivity contribution in [2.75, 3.05) is 19.8 Å². The molecular weight excluding hydrogens is 238 g/mol. The van der Waals surface area contributed by atoms with Crippen molar-refractivity contribution in [3.8, 4) is 11.5 Å². The van der Waals surface area contributed by atoms with Gasteiger partial charge in [-0.25, -0.2) is 0 Å². The highest BCUT2D eigenvalue weighted by Gasteiger charge is 2.20. The molecule has 3 heteroatoms. The van der Waals surface area contributed by atoms with Crippen molar-refractivity contribution in [1.29, 1.82) is 0 Å². The van der Waals surface area contributed by atoms with Gasteiger partial charge in [-0.1, -0.05) is 13.0 Å². The Bertz CT molecular complexity index is 406. The second-order valence-corrected chi connectivity index (χ2v) is 5.21. The lowest BCUT2D eigenvalue weighted by molar-refractivity contribution is 0.285. The van der Waals surface area contributed by atoms with Crippen LogP contribution < -0.4 is 14.8 Å². The maximum absolute atomic E-state index is 5.70. The van der Waals surface area contributed by atoms with Gasteiger partial charge in [-0.2, -0.15) is 0 Å². The minimum atomic E-state index is 0.443. The summed E-state index contributed by atoms with van der Waals surface area (Å²) in [4.78, 5) is 0. The van der Waals surface area contributed by atoms with Gasteiger partial charge >= 0.3 is 0 Å². The van der Waals surface area contributed by atoms with E-state index in [-0.39, 0.29) is 0 Å². The van der Waals surface area contributed by atoms with Crippen molar-refractivity contribution in [2.24, 2.45) is 5.92 Å². The SMILES string of the molecule is CCOc1ccc(C2CC(C)CCN2)cc1OCC. The Labute approximate surface area is 116 Å². The highest BCUT2D eigenvalue weighted by molar-refractivity contribution is 5.44. The molecule has 0 bridgehead atoms. The molecular formula is C16H25NO2. The topological polar surface area (TPSA) is 30.5 Å². The number of rotatable bonds is 5. The lowest BCUT2D eigenvalue weighted by atomic mass is 9.90. The van der Waals surface area contributed by atoms with E-state index in [2.05, 4.69) is 24.4 Å². The predicted molar refractivity (Wildman–Crippen MR) is 77.9 cm³/mol. The van der Waals surface area contributed by atoms with Gasteiger partial charge in [0, 0.05) is 6.04 Å². The molecule has 0 amide bonds. The van der Waals surface area contributed by atoms with Crippen LogP contribution in [0.25, 0.3) is 0 Å². The van der Waals surface area contributed by atoms with E-state index in [1.165, 1.54) is 18.4 Å². The molecule has 1 heterocycles. The molecule has 1 aliphatic heterocycles. The molecule has 0 spiro atoms. The first-order valence-corrected chi connectivity index (χ1v) is 7.37. The fraction of sp³-hybridized carbons (Fsp3) is 0.625. The fourth-order valence-corrected chi connectivity index (χ4v) is 2.65. The van der Waals surface area contributed by atoms with Crippen molar-refractivity contribution in [1.82, 2.24) is 5.32 Å². The zero-order valence-electron chi connectivity index (χ0n) is 12.2. The van der Waals surface area contributed by atoms with Gasteiger partial charge in [0.2, 0.25) is 0 Å². The first-order chi connectivity index (χ1) is 9.24. The maximum atomic E-state index is 5.70. The van der Waals surface area contributed by atoms with E-state index in [9.17, 15) is 0 Å². The number of nitrogens with one attached hydrogen (secondary N) is 1. The van der Waals surface area contributed by atoms with Crippen LogP contribution in [0.1, 0.15) is 45.2 Å². The molecule has 1 saturated heterocycles. The van der Waals surface area contributed by atoms with Gasteiger partial charge in [0.05, 0.1) is 13.2 Å². The van der Waals surface area contributed by atoms with Gasteiger partial charge in [-0.15, -0.1) is 0 Å². The van der Waals surface area contributed by atoms with Crippen LogP contribution in [0.4, 0.5) is 0 Å². The summed E-state index contributed by atoms with van der Waals surface area (Å²) in [6.45, 7) is 8.75. The minimum Gasteiger partial charge on any atom is -0.490 e. The number of hydrogen-bond donors (Lipinski definition) is 1. The van der Waals surface area contributed by atoms with Crippen LogP contribution in [-0.4, -0.2) is 19.8 Å². The Hall–Kier alpha value is -1.22. The summed E-state index contributed by atoms with van der Waals surface area (Å²) in [7, 11) is 0. The molecule has 0 aromatic heterocycles. The number of piperidine rings is 1. The lowest BCUT2D eigenvalue weighted by Gasteiger charge is -2.29. The van der Waals surface area contributed by atoms with Crippen LogP contribution >= 0.6 is 0 Å². The van der Waals surface area contributed by atoms with E-state index in [0.29, 0.717) is 19.3 Å². The third-order valence-corrected chi connectivity index (χ3v) is 3.64. The molecule has 1 fully saturated rings. The molecule has 1 N–H and O–H groups in total. The minimum absolute atomic E-state index is 0.443. The lowest BCUT2D eigenvalue weighted by Crippen LogP contribution is -2.30. The highest BCUT2D eigenvalue weighted by atomic mass is 16.5. The zero-order valence-corrected chi connectivity index (χ0v) is 12.2. The Morgan fingerprint density at radius 3 is 2.58 bits per heavy atom. The summed E-state index contributed by atoms with van der Waals surface area (Å²) in [5.74, 6) is 2.49. The summed E-state index contributed by atoms with van der Waals surface area (Å²) in [6, 6.07) is 6.76. The molecule has 1 aliphatic rings. The molecule has 2 unspecified atom stereocenters. The first kappa shape index (κ1) is 14.2. The van der Waals surface area contributed by atoms with Crippen LogP contribution in [-0.2, 0) is 0 Å². The van der Waals surface area contributed by atoms with Gasteiger partial charge < -0.3 is 14.8 Å². The third-order valence-electron chi connectivity index (χ3n) is 3.64. The molecule has 1 aromatic rings. The van der Waals surface area contributed by atoms with Gasteiger partial charge in [-0.3, -0.25) is 0 Å². The van der Waals surface area contributed by atoms with Crippen LogP contribution in [0.15, 0.2) is 18.2 Å². The van der Waals surface area contributed by atoms with Crippen LogP contribution in [0, 0.1) is 5.92 Å². The smallest absolute Gasteiger partial charge is 0.161 e. The van der Waals surface area contributed by atoms with Gasteiger partial charge in [0.1, 0.15) is 0 Å². The molecule has 19 heavy (non-hydrogen) atoms. The molecule has 2 atom stereocenters. The second kappa shape index (κ2) is 6.80. The average Bonchev–Trinajstić information content (AvgIpc) is 2.41. The average molecular weight is 263 g/mol. The summed E-state index contributed by atoms with van der Waals surface area (Å²) in [6.07, 6.45) is 2.46. The summed E-state index contributed by atoms with van der Waals surface area (Å²) < 4.78 is 11.3. The summed E-state index contributed by atoms with van der Waals surface area (Å²) in [5.41, 5.74) is 1.30. The molecule has 3 nitrogen and oxygen atoms in total. The van der Waals surface area contributed by atoms with Crippen LogP contribution in [0.3, 0.4) is 0 Å². The molecule has 1 aromatic carbocycles. The normalized spacial score (nSPS) is 23.1. The Morgan fingerprint density at radius 2 is 1.89 bits per heavy atom. The number of ether oxygens (including phenoxy) is 2. The number of hydrogen-bond acceptors (Lipinski definition) is 3. The second-order valence-electron chi connectivity index (χ2n) is 5.21. The van der Waals surface area contributed by atoms with Crippen molar-refractivity contribution >= 4 is 0 Å². The van der Waals surface area contributed by atoms with Crippen LogP contribution in [0.2, 0.25) is 0 Å². The monoisotopic (exact) mass is 263 g/mol. The fourth-order valence-electron chi connectivity index (χ4n) is 2.65. The molecule has 0 aliphatic carbocycles. The van der Waals surface area contributed by atoms with Crippen molar-refractivity contribution in [3.05, 3.63) is 23.8 Å². The summed E-state index contributed by atoms with van der Waals surface area (Å²) in [5, 5.41) is 3.59. The molecule has 2 rings (SSSR count). The molecule has 0 radical (unpaired) electrons. The highest BCUT2D eigenvalue weighted by Crippen LogP contribution is 2.34. The van der Waals surface area contributed by atoms with Crippen molar-refractivity contribution < 1.29 is 9.47 Å². The van der Waals surface area contributed by atoms with E-state index in [1.807, 2.05) is 19.9 Å². The molecule has 106 valence electrons. The van der Waals surface area contributed by atoms with Gasteiger partial charge in [0.15, 0.2) is 11.5 Å². The van der Waals surface area contributed by atoms with E-state index in [1.54, 1.807) is 0 Å². The van der Waals surface area contributed by atoms with Gasteiger partial charge in [0.25, 0.3) is 0 Å². The van der Waals surface area contributed by atoms with Gasteiger partial charge in [-0.05, 0) is 56.8 Å². The Morgan fingerprint density at radius 1 is 1.16 bits per heavy atom. The quantitative estimate of drug-likeness (QED) is 0.881. The third kappa shape index (κ3) is 3.63. The van der Waals surface area contributed by atoms with E-state index in [4.69, 9.17) is 9.47 Å². The summed E-state index contributed by atoms with van der Waals surface area (Å²) >= 11 is 0. The predicted octanol–water partition coefficient (Wildman–Crippen LogP) is 3.54. The van der Waals surface area contributed by atoms with E-state index in [0.717, 1.165) is 24.0 Å². The van der Waals surface area contributed by atoms with E-state index < -0.39 is 0 Å². The standard InChI is InChI=1S/C16H25NO2/c1-4-18-15-7-6-13(11-16(15)19-5-2)14-10-12(3)8-9-17-14/h6-7,11-12,14,17H,4-5,8-10H2,1-3H3. The van der Waals surface area contributed by atoms with Crippen molar-refractivity contribution in [2.45, 2.75) is 39.7 Å². The largest absolute Gasteiger partial charge is 0.490 e. The van der Waals surface area contributed by atoms with Crippen molar-refractivity contribution in [3.63, 3.8) is 0 Å². The zero-order chi connectivity index (χ0) is 13.7. The van der Waals surface area contributed by atoms with E-state index >= 15 is 0 Å². The Balaban J connectivity index is 2.18. The first-order valence-electron chi connectivity index (χ1n) is 7.37. The van der Waals surface area contributed by atoms with Crippen LogP contribution in [0.5, 0.6) is 11.5 Å².